The Morgan fingerprint density at radius 1 is 0.982 bits per heavy atom. The summed E-state index contributed by atoms with van der Waals surface area (Å²) in [6.07, 6.45) is -1.28. The third-order valence-electron chi connectivity index (χ3n) is 8.88. The summed E-state index contributed by atoms with van der Waals surface area (Å²) in [5.74, 6) is -7.85. The number of carbonyl (C=O) groups excluding carboxylic acids is 3. The lowest BCUT2D eigenvalue weighted by Gasteiger charge is -2.21. The molecule has 0 aliphatic heterocycles. The monoisotopic (exact) mass is 787 g/mol. The second-order valence-electron chi connectivity index (χ2n) is 13.2. The number of para-hydroxylation sites is 1. The maximum Gasteiger partial charge on any atom is 0.336 e. The highest BCUT2D eigenvalue weighted by Gasteiger charge is 2.42. The van der Waals surface area contributed by atoms with Crippen LogP contribution in [0.2, 0.25) is 0 Å². The normalized spacial score (nSPS) is 13.2. The number of rotatable bonds is 16. The molecule has 5 aromatic rings. The van der Waals surface area contributed by atoms with Gasteiger partial charge in [0.1, 0.15) is 23.1 Å². The lowest BCUT2D eigenvalue weighted by molar-refractivity contribution is -0.175. The van der Waals surface area contributed by atoms with Gasteiger partial charge in [0.25, 0.3) is 11.5 Å². The number of esters is 2. The van der Waals surface area contributed by atoms with Crippen LogP contribution >= 0.6 is 0 Å². The summed E-state index contributed by atoms with van der Waals surface area (Å²) in [6, 6.07) is 17.4. The molecule has 3 atom stereocenters. The standard InChI is InChI=1S/C39H38FN5O12/c1-21(15-28(41)37(51)57-33(48)19-39(54,38(52)53)18-32(46)47)20-44-22(2)34(36(50)45(44)24-7-5-4-6-8-24)35(49)43-23-9-12-31(27(40)16-23)56-30-13-14-42-29-17-25(55-3)10-11-26(29)30/h4-14,16-17,21,28,54H,15,18-20,41H2,1-3H3,(H,43,49)(H,46,47)(H,52,53)/t21-,28?,39?/m0/s1. The second kappa shape index (κ2) is 17.3. The molecule has 0 fully saturated rings. The van der Waals surface area contributed by atoms with Gasteiger partial charge in [-0.25, -0.2) is 18.7 Å². The molecular formula is C39H38FN5O12. The van der Waals surface area contributed by atoms with Gasteiger partial charge in [-0.3, -0.25) is 28.8 Å². The van der Waals surface area contributed by atoms with Gasteiger partial charge in [0.2, 0.25) is 0 Å². The number of aliphatic hydroxyl groups is 1. The number of carboxylic acids is 2. The van der Waals surface area contributed by atoms with Gasteiger partial charge in [-0.05, 0) is 61.7 Å². The fraction of sp³-hybridized carbons (Fsp3) is 0.256. The number of nitrogens with one attached hydrogen (secondary N) is 1. The number of hydrogen-bond donors (Lipinski definition) is 5. The number of anilines is 1. The predicted octanol–water partition coefficient (Wildman–Crippen LogP) is 3.79. The molecule has 2 unspecified atom stereocenters. The molecule has 3 aromatic carbocycles. The topological polar surface area (TPSA) is 252 Å². The lowest BCUT2D eigenvalue weighted by atomic mass is 9.96. The van der Waals surface area contributed by atoms with Crippen LogP contribution in [0.1, 0.15) is 42.2 Å². The van der Waals surface area contributed by atoms with Crippen molar-refractivity contribution >= 4 is 46.4 Å². The Hall–Kier alpha value is -6.92. The van der Waals surface area contributed by atoms with Gasteiger partial charge >= 0.3 is 23.9 Å². The number of aliphatic carboxylic acids is 2. The molecule has 18 heteroatoms. The number of methoxy groups -OCH3 is 1. The Morgan fingerprint density at radius 3 is 2.35 bits per heavy atom. The van der Waals surface area contributed by atoms with E-state index in [4.69, 9.17) is 20.3 Å². The molecule has 57 heavy (non-hydrogen) atoms. The molecule has 2 aromatic heterocycles. The maximum atomic E-state index is 15.4. The molecule has 0 aliphatic carbocycles. The van der Waals surface area contributed by atoms with E-state index in [-0.39, 0.29) is 35.7 Å². The Bertz CT molecular complexity index is 2410. The SMILES string of the molecule is COc1ccc2c(Oc3ccc(NC(=O)c4c(C)n(C[C@@H](C)CC(N)C(=O)OC(=O)CC(O)(CC(=O)O)C(=O)O)n(-c5ccccc5)c4=O)cc3F)ccnc2c1. The zero-order valence-corrected chi connectivity index (χ0v) is 30.8. The van der Waals surface area contributed by atoms with Gasteiger partial charge in [0, 0.05) is 35.9 Å². The number of carboxylic acid groups (broad SMARTS) is 2. The number of nitrogens with zero attached hydrogens (tertiary/aromatic N) is 3. The van der Waals surface area contributed by atoms with E-state index >= 15 is 4.39 Å². The van der Waals surface area contributed by atoms with Crippen molar-refractivity contribution in [2.45, 2.75) is 51.3 Å². The number of aromatic nitrogens is 3. The molecular weight excluding hydrogens is 749 g/mol. The minimum absolute atomic E-state index is 0.00663. The molecule has 1 amide bonds. The van der Waals surface area contributed by atoms with Crippen LogP contribution in [0, 0.1) is 18.7 Å². The number of halogens is 1. The Balaban J connectivity index is 1.32. The van der Waals surface area contributed by atoms with Crippen LogP contribution in [-0.4, -0.2) is 78.2 Å². The van der Waals surface area contributed by atoms with Crippen molar-refractivity contribution in [1.82, 2.24) is 14.3 Å². The van der Waals surface area contributed by atoms with Gasteiger partial charge in [0.15, 0.2) is 17.2 Å². The van der Waals surface area contributed by atoms with E-state index in [2.05, 4.69) is 15.0 Å². The highest BCUT2D eigenvalue weighted by molar-refractivity contribution is 6.05. The van der Waals surface area contributed by atoms with Crippen molar-refractivity contribution in [1.29, 1.82) is 0 Å². The van der Waals surface area contributed by atoms with E-state index in [1.54, 1.807) is 61.5 Å². The summed E-state index contributed by atoms with van der Waals surface area (Å²) in [6.45, 7) is 3.21. The minimum atomic E-state index is -3.02. The summed E-state index contributed by atoms with van der Waals surface area (Å²) in [5.41, 5.74) is 3.22. The number of pyridine rings is 1. The third kappa shape index (κ3) is 9.49. The summed E-state index contributed by atoms with van der Waals surface area (Å²) in [4.78, 5) is 79.1. The highest BCUT2D eigenvalue weighted by atomic mass is 19.1. The van der Waals surface area contributed by atoms with Crippen LogP contribution in [0.3, 0.4) is 0 Å². The largest absolute Gasteiger partial charge is 0.497 e. The molecule has 0 saturated carbocycles. The first-order chi connectivity index (χ1) is 27.0. The summed E-state index contributed by atoms with van der Waals surface area (Å²) in [5, 5.41) is 31.4. The fourth-order valence-electron chi connectivity index (χ4n) is 6.07. The van der Waals surface area contributed by atoms with Crippen molar-refractivity contribution in [3.63, 3.8) is 0 Å². The van der Waals surface area contributed by atoms with Crippen LogP contribution in [0.4, 0.5) is 10.1 Å². The van der Waals surface area contributed by atoms with E-state index in [1.807, 2.05) is 0 Å². The minimum Gasteiger partial charge on any atom is -0.497 e. The Labute approximate surface area is 323 Å². The van der Waals surface area contributed by atoms with Crippen LogP contribution in [0.15, 0.2) is 83.8 Å². The number of hydrogen-bond acceptors (Lipinski definition) is 12. The van der Waals surface area contributed by atoms with Crippen LogP contribution < -0.4 is 26.1 Å². The molecule has 0 bridgehead atoms. The Kier molecular flexibility index (Phi) is 12.5. The molecule has 0 saturated heterocycles. The van der Waals surface area contributed by atoms with Gasteiger partial charge < -0.3 is 40.6 Å². The van der Waals surface area contributed by atoms with Gasteiger partial charge in [0.05, 0.1) is 36.8 Å². The average molecular weight is 788 g/mol. The van der Waals surface area contributed by atoms with Gasteiger partial charge in [-0.2, -0.15) is 0 Å². The number of carbonyl (C=O) groups is 5. The number of ether oxygens (including phenoxy) is 3. The van der Waals surface area contributed by atoms with Crippen molar-refractivity contribution < 1.29 is 57.9 Å². The zero-order valence-electron chi connectivity index (χ0n) is 30.8. The number of nitrogens with two attached hydrogens (primary N) is 1. The molecule has 0 radical (unpaired) electrons. The van der Waals surface area contributed by atoms with Crippen LogP contribution in [0.5, 0.6) is 17.2 Å². The summed E-state index contributed by atoms with van der Waals surface area (Å²) in [7, 11) is 1.52. The van der Waals surface area contributed by atoms with Crippen LogP contribution in [-0.2, 0) is 30.5 Å². The number of fused-ring (bicyclic) bond motifs is 1. The smallest absolute Gasteiger partial charge is 0.336 e. The van der Waals surface area contributed by atoms with Gasteiger partial charge in [-0.15, -0.1) is 0 Å². The first kappa shape index (κ1) is 41.2. The van der Waals surface area contributed by atoms with Crippen molar-refractivity contribution in [2.75, 3.05) is 12.4 Å². The first-order valence-electron chi connectivity index (χ1n) is 17.3. The quantitative estimate of drug-likeness (QED) is 0.0705. The third-order valence-corrected chi connectivity index (χ3v) is 8.88. The van der Waals surface area contributed by atoms with Crippen molar-refractivity contribution in [3.8, 4) is 22.9 Å². The lowest BCUT2D eigenvalue weighted by Crippen LogP contribution is -2.44. The van der Waals surface area contributed by atoms with Crippen molar-refractivity contribution in [3.05, 3.63) is 106 Å². The average Bonchev–Trinajstić information content (AvgIpc) is 3.39. The highest BCUT2D eigenvalue weighted by Crippen LogP contribution is 2.33. The van der Waals surface area contributed by atoms with Gasteiger partial charge in [-0.1, -0.05) is 25.1 Å². The van der Waals surface area contributed by atoms with E-state index < -0.39 is 71.6 Å². The maximum absolute atomic E-state index is 15.4. The molecule has 0 spiro atoms. The molecule has 6 N–H and O–H groups in total. The fourth-order valence-corrected chi connectivity index (χ4v) is 6.07. The first-order valence-corrected chi connectivity index (χ1v) is 17.3. The molecule has 0 aliphatic rings. The molecule has 17 nitrogen and oxygen atoms in total. The van der Waals surface area contributed by atoms with Crippen LogP contribution in [0.25, 0.3) is 16.6 Å². The second-order valence-corrected chi connectivity index (χ2v) is 13.2. The Morgan fingerprint density at radius 2 is 1.70 bits per heavy atom. The zero-order chi connectivity index (χ0) is 41.6. The van der Waals surface area contributed by atoms with E-state index in [0.717, 1.165) is 6.07 Å². The summed E-state index contributed by atoms with van der Waals surface area (Å²) < 4.78 is 33.8. The molecule has 2 heterocycles. The number of amides is 1. The predicted molar refractivity (Wildman–Crippen MR) is 200 cm³/mol. The van der Waals surface area contributed by atoms with E-state index in [0.29, 0.717) is 28.1 Å². The van der Waals surface area contributed by atoms with E-state index in [9.17, 15) is 39.0 Å². The van der Waals surface area contributed by atoms with Crippen molar-refractivity contribution in [2.24, 2.45) is 11.7 Å². The molecule has 5 rings (SSSR count). The molecule has 298 valence electrons. The number of benzene rings is 3. The van der Waals surface area contributed by atoms with E-state index in [1.165, 1.54) is 41.7 Å². The summed E-state index contributed by atoms with van der Waals surface area (Å²) >= 11 is 0.